The van der Waals surface area contributed by atoms with Crippen LogP contribution in [0.3, 0.4) is 0 Å². The van der Waals surface area contributed by atoms with Crippen LogP contribution in [0.15, 0.2) is 48.5 Å². The van der Waals surface area contributed by atoms with Crippen LogP contribution in [0.4, 0.5) is 9.18 Å². The number of hydrogen-bond acceptors (Lipinski definition) is 7. The van der Waals surface area contributed by atoms with E-state index in [2.05, 4.69) is 15.7 Å². The molecule has 0 unspecified atom stereocenters. The number of rotatable bonds is 12. The summed E-state index contributed by atoms with van der Waals surface area (Å²) in [4.78, 5) is 37.5. The van der Waals surface area contributed by atoms with E-state index in [1.807, 2.05) is 0 Å². The quantitative estimate of drug-likeness (QED) is 0.254. The second-order valence-electron chi connectivity index (χ2n) is 10.8. The third kappa shape index (κ3) is 7.99. The third-order valence-corrected chi connectivity index (χ3v) is 6.33. The molecule has 3 rings (SSSR count). The van der Waals surface area contributed by atoms with Gasteiger partial charge in [0.1, 0.15) is 28.5 Å². The topological polar surface area (TPSA) is 141 Å². The first kappa shape index (κ1) is 31.9. The van der Waals surface area contributed by atoms with Gasteiger partial charge in [0.15, 0.2) is 5.69 Å². The maximum atomic E-state index is 13.7. The van der Waals surface area contributed by atoms with Crippen molar-refractivity contribution in [3.8, 4) is 28.4 Å². The molecular formula is C30H37FN4O7. The van der Waals surface area contributed by atoms with Crippen LogP contribution in [0.25, 0.3) is 16.9 Å². The fourth-order valence-electron chi connectivity index (χ4n) is 4.20. The Morgan fingerprint density at radius 3 is 2.14 bits per heavy atom. The highest BCUT2D eigenvalue weighted by atomic mass is 19.1. The molecule has 2 amide bonds. The lowest BCUT2D eigenvalue weighted by molar-refractivity contribution is -0.144. The molecule has 2 aromatic carbocycles. The lowest BCUT2D eigenvalue weighted by Gasteiger charge is -2.26. The first-order chi connectivity index (χ1) is 19.8. The van der Waals surface area contributed by atoms with Gasteiger partial charge >= 0.3 is 12.1 Å². The zero-order valence-corrected chi connectivity index (χ0v) is 24.6. The van der Waals surface area contributed by atoms with Crippen molar-refractivity contribution < 1.29 is 38.1 Å². The number of ether oxygens (including phenoxy) is 3. The van der Waals surface area contributed by atoms with E-state index in [4.69, 9.17) is 14.2 Å². The van der Waals surface area contributed by atoms with Gasteiger partial charge in [0, 0.05) is 6.54 Å². The van der Waals surface area contributed by atoms with Crippen molar-refractivity contribution in [2.24, 2.45) is 0 Å². The number of aromatic nitrogens is 2. The van der Waals surface area contributed by atoms with E-state index >= 15 is 0 Å². The summed E-state index contributed by atoms with van der Waals surface area (Å²) >= 11 is 0. The second-order valence-corrected chi connectivity index (χ2v) is 10.8. The third-order valence-electron chi connectivity index (χ3n) is 6.33. The molecule has 0 saturated heterocycles. The average molecular weight is 585 g/mol. The molecule has 0 bridgehead atoms. The van der Waals surface area contributed by atoms with Crippen LogP contribution >= 0.6 is 0 Å². The highest BCUT2D eigenvalue weighted by Gasteiger charge is 2.35. The smallest absolute Gasteiger partial charge is 0.407 e. The summed E-state index contributed by atoms with van der Waals surface area (Å²) in [6, 6.07) is 12.2. The molecule has 0 aliphatic rings. The van der Waals surface area contributed by atoms with Gasteiger partial charge in [0.05, 0.1) is 31.2 Å². The molecule has 12 heteroatoms. The zero-order chi connectivity index (χ0) is 31.1. The van der Waals surface area contributed by atoms with Gasteiger partial charge in [-0.25, -0.2) is 18.7 Å². The Balaban J connectivity index is 1.85. The summed E-state index contributed by atoms with van der Waals surface area (Å²) < 4.78 is 31.4. The number of nitrogens with one attached hydrogen (secondary N) is 2. The van der Waals surface area contributed by atoms with Crippen LogP contribution < -0.4 is 20.1 Å². The maximum Gasteiger partial charge on any atom is 0.407 e. The van der Waals surface area contributed by atoms with Crippen molar-refractivity contribution in [1.82, 2.24) is 20.4 Å². The van der Waals surface area contributed by atoms with Gasteiger partial charge < -0.3 is 30.0 Å². The van der Waals surface area contributed by atoms with E-state index in [-0.39, 0.29) is 18.7 Å². The highest BCUT2D eigenvalue weighted by molar-refractivity contribution is 5.97. The predicted molar refractivity (Wildman–Crippen MR) is 154 cm³/mol. The van der Waals surface area contributed by atoms with Gasteiger partial charge in [0.2, 0.25) is 0 Å². The Bertz CT molecular complexity index is 1390. The number of carbonyl (C=O) groups is 3. The molecule has 0 aliphatic heterocycles. The van der Waals surface area contributed by atoms with E-state index in [1.54, 1.807) is 39.0 Å². The summed E-state index contributed by atoms with van der Waals surface area (Å²) in [5, 5.41) is 19.7. The van der Waals surface area contributed by atoms with Crippen LogP contribution in [0.2, 0.25) is 0 Å². The number of unbranched alkanes of at least 4 members (excludes halogenated alkanes) is 1. The number of benzene rings is 2. The SMILES string of the molecule is COc1cccc(OC)c1-c1cc(C(=O)N[C@@](C)(CCCCNC(=O)OC(C)(C)C)C(=O)O)nn1-c1ccc(F)cc1. The predicted octanol–water partition coefficient (Wildman–Crippen LogP) is 4.96. The number of alkyl carbamates (subject to hydrolysis) is 1. The van der Waals surface area contributed by atoms with Crippen molar-refractivity contribution in [1.29, 1.82) is 0 Å². The van der Waals surface area contributed by atoms with Crippen LogP contribution in [0.1, 0.15) is 57.4 Å². The molecule has 0 saturated carbocycles. The van der Waals surface area contributed by atoms with Gasteiger partial charge in [-0.15, -0.1) is 0 Å². The molecule has 1 atom stereocenters. The van der Waals surface area contributed by atoms with E-state index in [1.165, 1.54) is 56.2 Å². The fourth-order valence-corrected chi connectivity index (χ4v) is 4.20. The molecule has 1 heterocycles. The minimum Gasteiger partial charge on any atom is -0.496 e. The average Bonchev–Trinajstić information content (AvgIpc) is 3.37. The summed E-state index contributed by atoms with van der Waals surface area (Å²) in [5.74, 6) is -1.50. The molecule has 0 radical (unpaired) electrons. The van der Waals surface area contributed by atoms with Crippen LogP contribution in [0.5, 0.6) is 11.5 Å². The molecule has 226 valence electrons. The normalized spacial score (nSPS) is 12.6. The second kappa shape index (κ2) is 13.4. The number of halogens is 1. The molecular weight excluding hydrogens is 547 g/mol. The van der Waals surface area contributed by atoms with Gasteiger partial charge in [-0.3, -0.25) is 4.79 Å². The van der Waals surface area contributed by atoms with Crippen LogP contribution in [-0.2, 0) is 9.53 Å². The number of nitrogens with zero attached hydrogens (tertiary/aromatic N) is 2. The molecule has 3 N–H and O–H groups in total. The summed E-state index contributed by atoms with van der Waals surface area (Å²) in [6.07, 6.45) is 0.397. The molecule has 0 aliphatic carbocycles. The van der Waals surface area contributed by atoms with Crippen molar-refractivity contribution in [3.05, 3.63) is 60.0 Å². The Hall–Kier alpha value is -4.61. The largest absolute Gasteiger partial charge is 0.496 e. The van der Waals surface area contributed by atoms with E-state index in [0.717, 1.165) is 0 Å². The van der Waals surface area contributed by atoms with Gasteiger partial charge in [-0.2, -0.15) is 5.10 Å². The number of hydrogen-bond donors (Lipinski definition) is 3. The molecule has 42 heavy (non-hydrogen) atoms. The Labute approximate surface area is 244 Å². The fraction of sp³-hybridized carbons (Fsp3) is 0.400. The first-order valence-corrected chi connectivity index (χ1v) is 13.4. The summed E-state index contributed by atoms with van der Waals surface area (Å²) in [6.45, 7) is 6.96. The lowest BCUT2D eigenvalue weighted by Crippen LogP contribution is -2.52. The molecule has 0 fully saturated rings. The van der Waals surface area contributed by atoms with Crippen molar-refractivity contribution in [2.75, 3.05) is 20.8 Å². The minimum atomic E-state index is -1.62. The van der Waals surface area contributed by atoms with Crippen LogP contribution in [-0.4, -0.2) is 64.8 Å². The number of amides is 2. The van der Waals surface area contributed by atoms with E-state index < -0.39 is 34.9 Å². The van der Waals surface area contributed by atoms with Crippen LogP contribution in [0, 0.1) is 5.82 Å². The van der Waals surface area contributed by atoms with Crippen molar-refractivity contribution >= 4 is 18.0 Å². The van der Waals surface area contributed by atoms with Crippen molar-refractivity contribution in [2.45, 2.75) is 58.1 Å². The van der Waals surface area contributed by atoms with E-state index in [9.17, 15) is 23.9 Å². The Kier molecular flexibility index (Phi) is 10.2. The molecule has 1 aromatic heterocycles. The number of carboxylic acid groups (broad SMARTS) is 1. The lowest BCUT2D eigenvalue weighted by atomic mass is 9.94. The Morgan fingerprint density at radius 2 is 1.60 bits per heavy atom. The zero-order valence-electron chi connectivity index (χ0n) is 24.6. The Morgan fingerprint density at radius 1 is 0.976 bits per heavy atom. The number of carbonyl (C=O) groups excluding carboxylic acids is 2. The summed E-state index contributed by atoms with van der Waals surface area (Å²) in [7, 11) is 2.98. The van der Waals surface area contributed by atoms with E-state index in [0.29, 0.717) is 41.3 Å². The van der Waals surface area contributed by atoms with Gasteiger partial charge in [-0.1, -0.05) is 6.07 Å². The van der Waals surface area contributed by atoms with Gasteiger partial charge in [0.25, 0.3) is 5.91 Å². The highest BCUT2D eigenvalue weighted by Crippen LogP contribution is 2.39. The van der Waals surface area contributed by atoms with Crippen molar-refractivity contribution in [3.63, 3.8) is 0 Å². The molecule has 0 spiro atoms. The minimum absolute atomic E-state index is 0.0682. The number of methoxy groups -OCH3 is 2. The monoisotopic (exact) mass is 584 g/mol. The standard InChI is InChI=1S/C30H37FN4O7/c1-29(2,3)42-28(39)32-17-8-7-16-30(4,27(37)38)33-26(36)21-18-22(25-23(40-5)10-9-11-24(25)41-6)35(34-21)20-14-12-19(31)13-15-20/h9-15,18H,7-8,16-17H2,1-6H3,(H,32,39)(H,33,36)(H,37,38)/t30-/m0/s1. The molecule has 11 nitrogen and oxygen atoms in total. The number of aliphatic carboxylic acids is 1. The summed E-state index contributed by atoms with van der Waals surface area (Å²) in [5.41, 5.74) is -0.956. The van der Waals surface area contributed by atoms with Gasteiger partial charge in [-0.05, 0) is 89.4 Å². The maximum absolute atomic E-state index is 13.7. The number of carboxylic acids is 1. The molecule has 3 aromatic rings. The first-order valence-electron chi connectivity index (χ1n) is 13.4.